The van der Waals surface area contributed by atoms with Gasteiger partial charge in [-0.3, -0.25) is 9.89 Å². The van der Waals surface area contributed by atoms with Crippen molar-refractivity contribution in [3.63, 3.8) is 0 Å². The third kappa shape index (κ3) is 4.18. The number of rotatable bonds is 6. The van der Waals surface area contributed by atoms with Gasteiger partial charge in [-0.2, -0.15) is 0 Å². The van der Waals surface area contributed by atoms with Crippen LogP contribution in [0.25, 0.3) is 10.9 Å². The minimum atomic E-state index is 0.142. The predicted octanol–water partition coefficient (Wildman–Crippen LogP) is 3.68. The van der Waals surface area contributed by atoms with Crippen LogP contribution in [0.2, 0.25) is 0 Å². The Morgan fingerprint density at radius 1 is 1.21 bits per heavy atom. The van der Waals surface area contributed by atoms with Crippen LogP contribution in [-0.4, -0.2) is 60.6 Å². The summed E-state index contributed by atoms with van der Waals surface area (Å²) >= 11 is 0. The molecule has 1 aromatic heterocycles. The molecule has 0 amide bonds. The second-order valence-electron chi connectivity index (χ2n) is 7.07. The molecule has 1 saturated heterocycles. The Kier molecular flexibility index (Phi) is 5.60. The fourth-order valence-electron chi connectivity index (χ4n) is 3.52. The van der Waals surface area contributed by atoms with Crippen molar-refractivity contribution in [1.29, 1.82) is 0 Å². The number of para-hydroxylation sites is 1. The number of aryl methyl sites for hydroxylation is 1. The van der Waals surface area contributed by atoms with Gasteiger partial charge < -0.3 is 20.1 Å². The summed E-state index contributed by atoms with van der Waals surface area (Å²) in [5, 5.41) is 14.6. The fraction of sp³-hybridized carbons (Fsp3) is 0.318. The summed E-state index contributed by atoms with van der Waals surface area (Å²) in [6, 6.07) is 13.9. The van der Waals surface area contributed by atoms with Gasteiger partial charge in [0, 0.05) is 49.0 Å². The van der Waals surface area contributed by atoms with Gasteiger partial charge in [-0.05, 0) is 36.8 Å². The number of aromatic hydroxyl groups is 1. The largest absolute Gasteiger partial charge is 0.494 e. The SMILES string of the molecule is Cc1cc(N=Cc2c(O)[nH]c3ccccc23)ccc1NCCN1CCOCC1. The minimum Gasteiger partial charge on any atom is -0.494 e. The Bertz CT molecular complexity index is 974. The highest BCUT2D eigenvalue weighted by molar-refractivity contribution is 6.02. The number of aromatic amines is 1. The lowest BCUT2D eigenvalue weighted by molar-refractivity contribution is 0.0398. The van der Waals surface area contributed by atoms with Crippen molar-refractivity contribution in [2.75, 3.05) is 44.7 Å². The molecule has 0 atom stereocenters. The number of ether oxygens (including phenoxy) is 1. The van der Waals surface area contributed by atoms with E-state index in [-0.39, 0.29) is 5.88 Å². The zero-order valence-electron chi connectivity index (χ0n) is 16.1. The molecule has 3 N–H and O–H groups in total. The molecule has 3 aromatic rings. The summed E-state index contributed by atoms with van der Waals surface area (Å²) in [4.78, 5) is 9.95. The van der Waals surface area contributed by atoms with Crippen molar-refractivity contribution in [2.24, 2.45) is 4.99 Å². The number of hydrogen-bond acceptors (Lipinski definition) is 5. The van der Waals surface area contributed by atoms with Gasteiger partial charge in [0.2, 0.25) is 0 Å². The molecule has 2 heterocycles. The lowest BCUT2D eigenvalue weighted by Crippen LogP contribution is -2.39. The normalized spacial score (nSPS) is 15.5. The molecule has 0 aliphatic carbocycles. The van der Waals surface area contributed by atoms with Crippen molar-refractivity contribution < 1.29 is 9.84 Å². The number of nitrogens with one attached hydrogen (secondary N) is 2. The molecule has 0 radical (unpaired) electrons. The number of nitrogens with zero attached hydrogens (tertiary/aromatic N) is 2. The van der Waals surface area contributed by atoms with Crippen molar-refractivity contribution >= 4 is 28.5 Å². The molecule has 2 aromatic carbocycles. The van der Waals surface area contributed by atoms with Crippen molar-refractivity contribution in [3.05, 3.63) is 53.6 Å². The maximum Gasteiger partial charge on any atom is 0.198 e. The number of benzene rings is 2. The third-order valence-electron chi connectivity index (χ3n) is 5.13. The molecule has 28 heavy (non-hydrogen) atoms. The van der Waals surface area contributed by atoms with Crippen LogP contribution in [0.5, 0.6) is 5.88 Å². The Morgan fingerprint density at radius 3 is 2.86 bits per heavy atom. The van der Waals surface area contributed by atoms with Crippen LogP contribution in [-0.2, 0) is 4.74 Å². The van der Waals surface area contributed by atoms with E-state index in [4.69, 9.17) is 4.74 Å². The van der Waals surface area contributed by atoms with Crippen LogP contribution in [0.3, 0.4) is 0 Å². The van der Waals surface area contributed by atoms with E-state index in [9.17, 15) is 5.11 Å². The molecular formula is C22H26N4O2. The van der Waals surface area contributed by atoms with Crippen molar-refractivity contribution in [2.45, 2.75) is 6.92 Å². The fourth-order valence-corrected chi connectivity index (χ4v) is 3.52. The van der Waals surface area contributed by atoms with Crippen molar-refractivity contribution in [1.82, 2.24) is 9.88 Å². The van der Waals surface area contributed by atoms with Gasteiger partial charge >= 0.3 is 0 Å². The first kappa shape index (κ1) is 18.5. The van der Waals surface area contributed by atoms with Crippen LogP contribution < -0.4 is 5.32 Å². The van der Waals surface area contributed by atoms with Crippen LogP contribution in [0.15, 0.2) is 47.5 Å². The summed E-state index contributed by atoms with van der Waals surface area (Å²) < 4.78 is 5.38. The summed E-state index contributed by atoms with van der Waals surface area (Å²) in [7, 11) is 0. The first-order valence-electron chi connectivity index (χ1n) is 9.69. The van der Waals surface area contributed by atoms with Gasteiger partial charge in [0.15, 0.2) is 5.88 Å². The molecule has 146 valence electrons. The van der Waals surface area contributed by atoms with Gasteiger partial charge in [0.1, 0.15) is 0 Å². The van der Waals surface area contributed by atoms with Crippen LogP contribution >= 0.6 is 0 Å². The van der Waals surface area contributed by atoms with E-state index in [1.54, 1.807) is 6.21 Å². The van der Waals surface area contributed by atoms with Gasteiger partial charge in [-0.25, -0.2) is 0 Å². The summed E-state index contributed by atoms with van der Waals surface area (Å²) in [5.41, 5.74) is 4.75. The van der Waals surface area contributed by atoms with E-state index < -0.39 is 0 Å². The lowest BCUT2D eigenvalue weighted by Gasteiger charge is -2.26. The second-order valence-corrected chi connectivity index (χ2v) is 7.07. The molecule has 0 spiro atoms. The molecule has 6 heteroatoms. The standard InChI is InChI=1S/C22H26N4O2/c1-16-14-17(6-7-20(16)23-8-9-26-10-12-28-13-11-26)24-15-19-18-4-2-3-5-21(18)25-22(19)27/h2-7,14-15,23,25,27H,8-13H2,1H3. The maximum absolute atomic E-state index is 10.1. The van der Waals surface area contributed by atoms with E-state index in [0.29, 0.717) is 5.56 Å². The van der Waals surface area contributed by atoms with Gasteiger partial charge in [-0.1, -0.05) is 18.2 Å². The average molecular weight is 378 g/mol. The highest BCUT2D eigenvalue weighted by Crippen LogP contribution is 2.27. The number of aromatic nitrogens is 1. The monoisotopic (exact) mass is 378 g/mol. The number of H-pyrrole nitrogens is 1. The smallest absolute Gasteiger partial charge is 0.198 e. The third-order valence-corrected chi connectivity index (χ3v) is 5.13. The number of fused-ring (bicyclic) bond motifs is 1. The minimum absolute atomic E-state index is 0.142. The highest BCUT2D eigenvalue weighted by Gasteiger charge is 2.10. The van der Waals surface area contributed by atoms with Crippen LogP contribution in [0.4, 0.5) is 11.4 Å². The Morgan fingerprint density at radius 2 is 2.04 bits per heavy atom. The molecule has 1 aliphatic heterocycles. The van der Waals surface area contributed by atoms with Crippen molar-refractivity contribution in [3.8, 4) is 5.88 Å². The van der Waals surface area contributed by atoms with E-state index in [0.717, 1.165) is 67.2 Å². The number of aliphatic imine (C=N–C) groups is 1. The highest BCUT2D eigenvalue weighted by atomic mass is 16.5. The van der Waals surface area contributed by atoms with Crippen LogP contribution in [0, 0.1) is 6.92 Å². The average Bonchev–Trinajstić information content (AvgIpc) is 3.04. The predicted molar refractivity (Wildman–Crippen MR) is 114 cm³/mol. The van der Waals surface area contributed by atoms with E-state index in [1.165, 1.54) is 0 Å². The van der Waals surface area contributed by atoms with E-state index in [2.05, 4.69) is 39.2 Å². The van der Waals surface area contributed by atoms with Gasteiger partial charge in [-0.15, -0.1) is 0 Å². The van der Waals surface area contributed by atoms with Gasteiger partial charge in [0.25, 0.3) is 0 Å². The van der Waals surface area contributed by atoms with E-state index >= 15 is 0 Å². The molecule has 1 fully saturated rings. The zero-order valence-corrected chi connectivity index (χ0v) is 16.1. The molecule has 4 rings (SSSR count). The maximum atomic E-state index is 10.1. The summed E-state index contributed by atoms with van der Waals surface area (Å²) in [6.07, 6.45) is 1.72. The van der Waals surface area contributed by atoms with Gasteiger partial charge in [0.05, 0.1) is 24.5 Å². The Labute approximate surface area is 164 Å². The summed E-state index contributed by atoms with van der Waals surface area (Å²) in [6.45, 7) is 7.69. The number of hydrogen-bond donors (Lipinski definition) is 3. The number of anilines is 1. The molecule has 6 nitrogen and oxygen atoms in total. The first-order chi connectivity index (χ1) is 13.7. The molecular weight excluding hydrogens is 352 g/mol. The molecule has 0 saturated carbocycles. The Hall–Kier alpha value is -2.83. The van der Waals surface area contributed by atoms with E-state index in [1.807, 2.05) is 30.3 Å². The topological polar surface area (TPSA) is 72.9 Å². The summed E-state index contributed by atoms with van der Waals surface area (Å²) in [5.74, 6) is 0.142. The molecule has 0 unspecified atom stereocenters. The molecule has 1 aliphatic rings. The first-order valence-corrected chi connectivity index (χ1v) is 9.69. The quantitative estimate of drug-likeness (QED) is 0.572. The number of morpholine rings is 1. The zero-order chi connectivity index (χ0) is 19.3. The van der Waals surface area contributed by atoms with Crippen LogP contribution in [0.1, 0.15) is 11.1 Å². The second kappa shape index (κ2) is 8.46. The lowest BCUT2D eigenvalue weighted by atomic mass is 10.1. The molecule has 0 bridgehead atoms. The Balaban J connectivity index is 1.41.